The van der Waals surface area contributed by atoms with Crippen molar-refractivity contribution in [3.63, 3.8) is 0 Å². The fraction of sp³-hybridized carbons (Fsp3) is 0.615. The molecule has 0 N–H and O–H groups in total. The minimum Gasteiger partial charge on any atom is -0.619 e. The molecule has 0 aliphatic rings. The van der Waals surface area contributed by atoms with Crippen LogP contribution in [0.4, 0.5) is 0 Å². The van der Waals surface area contributed by atoms with Crippen molar-refractivity contribution >= 4 is 0 Å². The molecular weight excluding hydrogens is 356 g/mol. The highest BCUT2D eigenvalue weighted by Gasteiger charge is 1.75. The van der Waals surface area contributed by atoms with Gasteiger partial charge in [0.05, 0.1) is 0 Å². The van der Waals surface area contributed by atoms with Gasteiger partial charge < -0.3 is 5.21 Å². The van der Waals surface area contributed by atoms with Crippen molar-refractivity contribution < 1.29 is 4.73 Å². The molecule has 0 unspecified atom stereocenters. The first-order valence-electron chi connectivity index (χ1n) is 10.8. The van der Waals surface area contributed by atoms with E-state index >= 15 is 0 Å². The van der Waals surface area contributed by atoms with Crippen molar-refractivity contribution in [2.75, 3.05) is 0 Å². The molecule has 0 saturated heterocycles. The van der Waals surface area contributed by atoms with Crippen LogP contribution < -0.4 is 4.73 Å². The second-order valence-corrected chi connectivity index (χ2v) is 9.19. The molecule has 2 heterocycles. The van der Waals surface area contributed by atoms with E-state index in [2.05, 4.69) is 88.1 Å². The molecule has 2 aromatic rings. The molecule has 0 radical (unpaired) electrons. The first kappa shape index (κ1) is 34.6. The summed E-state index contributed by atoms with van der Waals surface area (Å²) in [6.07, 6.45) is 6.39. The predicted octanol–water partition coefficient (Wildman–Crippen LogP) is 8.05. The Bertz CT molecular complexity index is 407. The summed E-state index contributed by atoms with van der Waals surface area (Å²) in [5.41, 5.74) is 0. The Kier molecular flexibility index (Phi) is 33.8. The number of aromatic nitrogens is 2. The molecule has 0 spiro atoms. The number of hydrogen-bond acceptors (Lipinski definition) is 2. The molecule has 0 atom stereocenters. The first-order valence-corrected chi connectivity index (χ1v) is 10.8. The van der Waals surface area contributed by atoms with Crippen molar-refractivity contribution in [3.05, 3.63) is 66.4 Å². The van der Waals surface area contributed by atoms with E-state index in [1.165, 1.54) is 12.4 Å². The van der Waals surface area contributed by atoms with Crippen LogP contribution in [-0.4, -0.2) is 4.98 Å². The average Bonchev–Trinajstić information content (AvgIpc) is 2.56. The normalized spacial score (nSPS) is 8.69. The van der Waals surface area contributed by atoms with E-state index in [4.69, 9.17) is 0 Å². The van der Waals surface area contributed by atoms with Gasteiger partial charge in [-0.1, -0.05) is 95.2 Å². The van der Waals surface area contributed by atoms with Crippen LogP contribution in [0.3, 0.4) is 0 Å². The third kappa shape index (κ3) is 104. The maximum absolute atomic E-state index is 10.2. The van der Waals surface area contributed by atoms with Crippen LogP contribution in [0.15, 0.2) is 61.2 Å². The third-order valence-corrected chi connectivity index (χ3v) is 1.25. The van der Waals surface area contributed by atoms with Gasteiger partial charge in [0.25, 0.3) is 0 Å². The van der Waals surface area contributed by atoms with E-state index in [1.807, 2.05) is 18.2 Å². The zero-order valence-electron chi connectivity index (χ0n) is 21.4. The van der Waals surface area contributed by atoms with Crippen LogP contribution in [0.25, 0.3) is 0 Å². The van der Waals surface area contributed by atoms with Crippen LogP contribution in [0.2, 0.25) is 0 Å². The minimum absolute atomic E-state index is 0.750. The third-order valence-electron chi connectivity index (χ3n) is 1.25. The maximum atomic E-state index is 10.2. The van der Waals surface area contributed by atoms with Gasteiger partial charge >= 0.3 is 0 Å². The van der Waals surface area contributed by atoms with Crippen LogP contribution in [0.5, 0.6) is 0 Å². The molecular formula is C26H50N2O. The molecule has 3 nitrogen and oxygen atoms in total. The van der Waals surface area contributed by atoms with Gasteiger partial charge in [-0.2, -0.15) is 4.73 Å². The van der Waals surface area contributed by atoms with E-state index in [9.17, 15) is 5.21 Å². The Morgan fingerprint density at radius 1 is 0.483 bits per heavy atom. The molecule has 0 amide bonds. The largest absolute Gasteiger partial charge is 0.619 e. The monoisotopic (exact) mass is 406 g/mol. The van der Waals surface area contributed by atoms with Gasteiger partial charge in [0, 0.05) is 24.5 Å². The van der Waals surface area contributed by atoms with Crippen molar-refractivity contribution in [2.24, 2.45) is 23.7 Å². The molecule has 3 heteroatoms. The summed E-state index contributed by atoms with van der Waals surface area (Å²) in [4.78, 5) is 3.78. The van der Waals surface area contributed by atoms with Crippen molar-refractivity contribution in [2.45, 2.75) is 83.1 Å². The number of nitrogens with zero attached hydrogens (tertiary/aromatic N) is 2. The summed E-state index contributed by atoms with van der Waals surface area (Å²) in [6.45, 7) is 26.0. The smallest absolute Gasteiger partial charge is 0.180 e. The number of rotatable bonds is 0. The number of pyridine rings is 2. The topological polar surface area (TPSA) is 39.8 Å². The highest BCUT2D eigenvalue weighted by molar-refractivity contribution is 4.88. The summed E-state index contributed by atoms with van der Waals surface area (Å²) in [6, 6.07) is 10.9. The van der Waals surface area contributed by atoms with Gasteiger partial charge in [-0.25, -0.2) is 0 Å². The Labute approximate surface area is 183 Å². The SMILES string of the molecule is CC(C)C.CC(C)C.CC(C)C.CC(C)C.[O-][n+]1ccccc1.c1ccncc1. The Morgan fingerprint density at radius 2 is 0.724 bits per heavy atom. The summed E-state index contributed by atoms with van der Waals surface area (Å²) < 4.78 is 0.750. The molecule has 0 fully saturated rings. The zero-order chi connectivity index (χ0) is 23.7. The lowest BCUT2D eigenvalue weighted by Gasteiger charge is -1.88. The molecule has 29 heavy (non-hydrogen) atoms. The van der Waals surface area contributed by atoms with Gasteiger partial charge in [-0.15, -0.1) is 0 Å². The van der Waals surface area contributed by atoms with Gasteiger partial charge in [0.2, 0.25) is 0 Å². The Balaban J connectivity index is -0.000000132. The van der Waals surface area contributed by atoms with Gasteiger partial charge in [-0.05, 0) is 35.8 Å². The van der Waals surface area contributed by atoms with Gasteiger partial charge in [0.15, 0.2) is 12.4 Å². The second kappa shape index (κ2) is 28.3. The van der Waals surface area contributed by atoms with E-state index < -0.39 is 0 Å². The quantitative estimate of drug-likeness (QED) is 0.328. The van der Waals surface area contributed by atoms with Crippen LogP contribution in [0, 0.1) is 28.9 Å². The zero-order valence-corrected chi connectivity index (χ0v) is 21.4. The van der Waals surface area contributed by atoms with E-state index in [1.54, 1.807) is 30.6 Å². The van der Waals surface area contributed by atoms with Gasteiger partial charge in [0.1, 0.15) is 0 Å². The molecule has 2 rings (SSSR count). The summed E-state index contributed by atoms with van der Waals surface area (Å²) >= 11 is 0. The summed E-state index contributed by atoms with van der Waals surface area (Å²) in [5, 5.41) is 10.2. The molecule has 0 aliphatic carbocycles. The predicted molar refractivity (Wildman–Crippen MR) is 132 cm³/mol. The maximum Gasteiger partial charge on any atom is 0.180 e. The van der Waals surface area contributed by atoms with Crippen molar-refractivity contribution in [3.8, 4) is 0 Å². The second-order valence-electron chi connectivity index (χ2n) is 9.19. The molecule has 2 aromatic heterocycles. The fourth-order valence-electron chi connectivity index (χ4n) is 0.695. The highest BCUT2D eigenvalue weighted by atomic mass is 16.5. The van der Waals surface area contributed by atoms with Crippen molar-refractivity contribution in [1.29, 1.82) is 0 Å². The molecule has 0 bridgehead atoms. The standard InChI is InChI=1S/C5H5NO.C5H5N.4C4H10/c7-6-4-2-1-3-5-6;1-2-4-6-5-3-1;4*1-4(2)3/h1-5H;1-5H;4*4H,1-3H3. The van der Waals surface area contributed by atoms with Crippen LogP contribution in [-0.2, 0) is 0 Å². The van der Waals surface area contributed by atoms with Crippen LogP contribution in [0.1, 0.15) is 83.1 Å². The van der Waals surface area contributed by atoms with E-state index in [-0.39, 0.29) is 0 Å². The lowest BCUT2D eigenvalue weighted by Crippen LogP contribution is -2.22. The molecule has 0 saturated carbocycles. The lowest BCUT2D eigenvalue weighted by molar-refractivity contribution is -0.605. The lowest BCUT2D eigenvalue weighted by atomic mass is 10.3. The van der Waals surface area contributed by atoms with E-state index in [0.29, 0.717) is 0 Å². The van der Waals surface area contributed by atoms with E-state index in [0.717, 1.165) is 28.4 Å². The first-order chi connectivity index (χ1) is 13.3. The number of hydrogen-bond donors (Lipinski definition) is 0. The average molecular weight is 407 g/mol. The minimum atomic E-state index is 0.750. The van der Waals surface area contributed by atoms with Crippen LogP contribution >= 0.6 is 0 Å². The fourth-order valence-corrected chi connectivity index (χ4v) is 0.695. The Morgan fingerprint density at radius 3 is 0.828 bits per heavy atom. The summed E-state index contributed by atoms with van der Waals surface area (Å²) in [7, 11) is 0. The Hall–Kier alpha value is -1.90. The molecule has 0 aliphatic heterocycles. The summed E-state index contributed by atoms with van der Waals surface area (Å²) in [5.74, 6) is 3.33. The van der Waals surface area contributed by atoms with Crippen molar-refractivity contribution in [1.82, 2.24) is 4.98 Å². The van der Waals surface area contributed by atoms with Gasteiger partial charge in [-0.3, -0.25) is 4.98 Å². The molecule has 170 valence electrons. The molecule has 0 aromatic carbocycles. The highest BCUT2D eigenvalue weighted by Crippen LogP contribution is 1.82.